The minimum absolute atomic E-state index is 0.198. The van der Waals surface area contributed by atoms with Crippen molar-refractivity contribution < 1.29 is 9.84 Å². The van der Waals surface area contributed by atoms with E-state index in [-0.39, 0.29) is 5.75 Å². The highest BCUT2D eigenvalue weighted by molar-refractivity contribution is 5.78. The normalized spacial score (nSPS) is 10.8. The van der Waals surface area contributed by atoms with Gasteiger partial charge in [-0.15, -0.1) is 0 Å². The highest BCUT2D eigenvalue weighted by Gasteiger charge is 2.16. The Hall–Kier alpha value is -3.61. The van der Waals surface area contributed by atoms with Crippen LogP contribution >= 0.6 is 0 Å². The maximum Gasteiger partial charge on any atom is 0.236 e. The molecule has 0 radical (unpaired) electrons. The molecule has 2 aromatic heterocycles. The van der Waals surface area contributed by atoms with E-state index in [0.717, 1.165) is 22.5 Å². The summed E-state index contributed by atoms with van der Waals surface area (Å²) in [7, 11) is 1.63. The number of ether oxygens (including phenoxy) is 1. The summed E-state index contributed by atoms with van der Waals surface area (Å²) in [5.74, 6) is 1.45. The third kappa shape index (κ3) is 2.83. The van der Waals surface area contributed by atoms with Crippen molar-refractivity contribution in [1.29, 1.82) is 0 Å². The van der Waals surface area contributed by atoms with Crippen molar-refractivity contribution in [1.82, 2.24) is 20.2 Å². The van der Waals surface area contributed by atoms with E-state index in [9.17, 15) is 5.11 Å². The van der Waals surface area contributed by atoms with Gasteiger partial charge in [0.05, 0.1) is 18.7 Å². The van der Waals surface area contributed by atoms with Crippen molar-refractivity contribution in [3.63, 3.8) is 0 Å². The lowest BCUT2D eigenvalue weighted by Crippen LogP contribution is -2.13. The number of H-pyrrole nitrogens is 1. The molecule has 0 unspecified atom stereocenters. The highest BCUT2D eigenvalue weighted by Crippen LogP contribution is 2.34. The van der Waals surface area contributed by atoms with Crippen molar-refractivity contribution >= 4 is 28.4 Å². The summed E-state index contributed by atoms with van der Waals surface area (Å²) < 4.78 is 5.23. The van der Waals surface area contributed by atoms with Crippen molar-refractivity contribution in [2.45, 2.75) is 0 Å². The molecule has 2 N–H and O–H groups in total. The molecule has 0 spiro atoms. The molecule has 4 rings (SSSR count). The molecule has 0 atom stereocenters. The number of rotatable bonds is 4. The molecule has 0 saturated carbocycles. The van der Waals surface area contributed by atoms with Gasteiger partial charge in [-0.1, -0.05) is 0 Å². The number of benzene rings is 2. The van der Waals surface area contributed by atoms with E-state index < -0.39 is 0 Å². The van der Waals surface area contributed by atoms with Gasteiger partial charge in [0.2, 0.25) is 5.95 Å². The Labute approximate surface area is 143 Å². The summed E-state index contributed by atoms with van der Waals surface area (Å²) >= 11 is 0. The van der Waals surface area contributed by atoms with Gasteiger partial charge in [0.25, 0.3) is 0 Å². The molecule has 0 aliphatic heterocycles. The Bertz CT molecular complexity index is 996. The fourth-order valence-corrected chi connectivity index (χ4v) is 2.55. The van der Waals surface area contributed by atoms with Crippen LogP contribution < -0.4 is 9.64 Å². The maximum atomic E-state index is 9.58. The van der Waals surface area contributed by atoms with Crippen molar-refractivity contribution in [3.05, 3.63) is 60.9 Å². The number of nitrogens with zero attached hydrogens (tertiary/aromatic N) is 4. The number of phenolic OH excluding ortho intramolecular Hbond substituents is 1. The molecule has 0 amide bonds. The first-order chi connectivity index (χ1) is 12.2. The quantitative estimate of drug-likeness (QED) is 0.594. The molecular weight excluding hydrogens is 318 g/mol. The van der Waals surface area contributed by atoms with E-state index in [1.165, 1.54) is 0 Å². The number of hydrogen-bond acceptors (Lipinski definition) is 6. The van der Waals surface area contributed by atoms with Gasteiger partial charge in [0.15, 0.2) is 5.65 Å². The standard InChI is InChI=1S/C18H15N5O2/c1-25-16-8-4-14(5-9-16)23(13-2-6-15(24)7-3-13)18-19-10-12-11-20-22-17(12)21-18/h2-11,24H,1H3,(H,19,20,21,22). The largest absolute Gasteiger partial charge is 0.508 e. The van der Waals surface area contributed by atoms with Crippen LogP contribution in [0, 0.1) is 0 Å². The van der Waals surface area contributed by atoms with Crippen LogP contribution in [0.1, 0.15) is 0 Å². The van der Waals surface area contributed by atoms with E-state index in [1.54, 1.807) is 43.8 Å². The number of aromatic amines is 1. The average Bonchev–Trinajstić information content (AvgIpc) is 3.12. The predicted octanol–water partition coefficient (Wildman–Crippen LogP) is 3.54. The second-order valence-electron chi connectivity index (χ2n) is 5.39. The Kier molecular flexibility index (Phi) is 3.66. The molecule has 2 heterocycles. The first-order valence-electron chi connectivity index (χ1n) is 7.64. The molecule has 7 nitrogen and oxygen atoms in total. The lowest BCUT2D eigenvalue weighted by molar-refractivity contribution is 0.415. The molecule has 0 fully saturated rings. The van der Waals surface area contributed by atoms with Crippen molar-refractivity contribution in [2.75, 3.05) is 12.0 Å². The van der Waals surface area contributed by atoms with Gasteiger partial charge in [-0.25, -0.2) is 4.98 Å². The lowest BCUT2D eigenvalue weighted by atomic mass is 10.2. The summed E-state index contributed by atoms with van der Waals surface area (Å²) in [6, 6.07) is 14.5. The zero-order valence-electron chi connectivity index (χ0n) is 13.4. The van der Waals surface area contributed by atoms with Crippen LogP contribution in [0.15, 0.2) is 60.9 Å². The summed E-state index contributed by atoms with van der Waals surface area (Å²) in [6.07, 6.45) is 3.40. The van der Waals surface area contributed by atoms with Crippen LogP contribution in [0.4, 0.5) is 17.3 Å². The lowest BCUT2D eigenvalue weighted by Gasteiger charge is -2.23. The Morgan fingerprint density at radius 1 is 0.960 bits per heavy atom. The molecule has 0 aliphatic carbocycles. The summed E-state index contributed by atoms with van der Waals surface area (Å²) in [5.41, 5.74) is 2.34. The van der Waals surface area contributed by atoms with Crippen molar-refractivity contribution in [2.24, 2.45) is 0 Å². The van der Waals surface area contributed by atoms with E-state index in [0.29, 0.717) is 11.6 Å². The Balaban J connectivity index is 1.85. The van der Waals surface area contributed by atoms with Gasteiger partial charge in [-0.3, -0.25) is 10.00 Å². The second kappa shape index (κ2) is 6.12. The van der Waals surface area contributed by atoms with Gasteiger partial charge in [-0.2, -0.15) is 10.1 Å². The number of aromatic hydroxyl groups is 1. The summed E-state index contributed by atoms with van der Waals surface area (Å²) in [5, 5.41) is 17.3. The number of hydrogen-bond donors (Lipinski definition) is 2. The predicted molar refractivity (Wildman–Crippen MR) is 94.6 cm³/mol. The van der Waals surface area contributed by atoms with Gasteiger partial charge in [0.1, 0.15) is 11.5 Å². The first-order valence-corrected chi connectivity index (χ1v) is 7.64. The van der Waals surface area contributed by atoms with Crippen molar-refractivity contribution in [3.8, 4) is 11.5 Å². The number of nitrogens with one attached hydrogen (secondary N) is 1. The number of phenols is 1. The maximum absolute atomic E-state index is 9.58. The van der Waals surface area contributed by atoms with E-state index in [4.69, 9.17) is 4.74 Å². The van der Waals surface area contributed by atoms with Crippen LogP contribution in [0.5, 0.6) is 11.5 Å². The van der Waals surface area contributed by atoms with Gasteiger partial charge in [0, 0.05) is 17.6 Å². The zero-order chi connectivity index (χ0) is 17.2. The van der Waals surface area contributed by atoms with E-state index in [1.807, 2.05) is 29.2 Å². The van der Waals surface area contributed by atoms with Gasteiger partial charge in [-0.05, 0) is 48.5 Å². The van der Waals surface area contributed by atoms with Crippen LogP contribution in [0.3, 0.4) is 0 Å². The van der Waals surface area contributed by atoms with E-state index >= 15 is 0 Å². The molecule has 0 saturated heterocycles. The minimum atomic E-state index is 0.198. The zero-order valence-corrected chi connectivity index (χ0v) is 13.4. The van der Waals surface area contributed by atoms with Crippen LogP contribution in [-0.4, -0.2) is 32.4 Å². The molecule has 0 bridgehead atoms. The number of fused-ring (bicyclic) bond motifs is 1. The molecule has 0 aliphatic rings. The smallest absolute Gasteiger partial charge is 0.236 e. The Morgan fingerprint density at radius 3 is 2.32 bits per heavy atom. The van der Waals surface area contributed by atoms with Crippen LogP contribution in [0.2, 0.25) is 0 Å². The SMILES string of the molecule is COc1ccc(N(c2ccc(O)cc2)c2ncc3cn[nH]c3n2)cc1. The number of methoxy groups -OCH3 is 1. The van der Waals surface area contributed by atoms with E-state index in [2.05, 4.69) is 20.2 Å². The highest BCUT2D eigenvalue weighted by atomic mass is 16.5. The second-order valence-corrected chi connectivity index (χ2v) is 5.39. The fourth-order valence-electron chi connectivity index (χ4n) is 2.55. The summed E-state index contributed by atoms with van der Waals surface area (Å²) in [4.78, 5) is 10.9. The number of anilines is 3. The fraction of sp³-hybridized carbons (Fsp3) is 0.0556. The van der Waals surface area contributed by atoms with Crippen LogP contribution in [0.25, 0.3) is 11.0 Å². The Morgan fingerprint density at radius 2 is 1.64 bits per heavy atom. The monoisotopic (exact) mass is 333 g/mol. The molecule has 2 aromatic carbocycles. The molecule has 4 aromatic rings. The topological polar surface area (TPSA) is 87.2 Å². The summed E-state index contributed by atoms with van der Waals surface area (Å²) in [6.45, 7) is 0. The molecule has 7 heteroatoms. The minimum Gasteiger partial charge on any atom is -0.508 e. The molecule has 25 heavy (non-hydrogen) atoms. The molecular formula is C18H15N5O2. The third-order valence-electron chi connectivity index (χ3n) is 3.82. The number of aromatic nitrogens is 4. The van der Waals surface area contributed by atoms with Gasteiger partial charge < -0.3 is 9.84 Å². The molecule has 124 valence electrons. The van der Waals surface area contributed by atoms with Crippen LogP contribution in [-0.2, 0) is 0 Å². The van der Waals surface area contributed by atoms with Gasteiger partial charge >= 0.3 is 0 Å². The first kappa shape index (κ1) is 14.9. The third-order valence-corrected chi connectivity index (χ3v) is 3.82. The average molecular weight is 333 g/mol.